The Balaban J connectivity index is 2.39. The second-order valence-corrected chi connectivity index (χ2v) is 3.92. The second-order valence-electron chi connectivity index (χ2n) is 3.92. The van der Waals surface area contributed by atoms with Crippen LogP contribution in [0.15, 0.2) is 0 Å². The van der Waals surface area contributed by atoms with E-state index < -0.39 is 5.92 Å². The van der Waals surface area contributed by atoms with Crippen LogP contribution in [0.25, 0.3) is 0 Å². The molecule has 1 atom stereocenters. The summed E-state index contributed by atoms with van der Waals surface area (Å²) in [4.78, 5) is 0. The van der Waals surface area contributed by atoms with Gasteiger partial charge in [0, 0.05) is 26.0 Å². The van der Waals surface area contributed by atoms with E-state index in [1.807, 2.05) is 0 Å². The molecule has 0 bridgehead atoms. The number of nitrogens with one attached hydrogen (secondary N) is 1. The minimum Gasteiger partial charge on any atom is -0.383 e. The average molecular weight is 208 g/mol. The fourth-order valence-electron chi connectivity index (χ4n) is 1.96. The third kappa shape index (κ3) is 3.15. The Morgan fingerprint density at radius 2 is 2.07 bits per heavy atom. The average Bonchev–Trinajstić information content (AvgIpc) is 2.15. The van der Waals surface area contributed by atoms with E-state index in [0.717, 1.165) is 0 Å². The topological polar surface area (TPSA) is 47.3 Å². The summed E-state index contributed by atoms with van der Waals surface area (Å²) < 4.78 is 30.7. The number of nitrogens with two attached hydrogens (primary N) is 1. The van der Waals surface area contributed by atoms with Crippen molar-refractivity contribution in [1.82, 2.24) is 5.43 Å². The van der Waals surface area contributed by atoms with Crippen molar-refractivity contribution in [3.63, 3.8) is 0 Å². The van der Waals surface area contributed by atoms with Crippen molar-refractivity contribution in [3.05, 3.63) is 0 Å². The van der Waals surface area contributed by atoms with Crippen molar-refractivity contribution in [3.8, 4) is 0 Å². The molecule has 3 nitrogen and oxygen atoms in total. The molecule has 1 fully saturated rings. The Morgan fingerprint density at radius 3 is 2.50 bits per heavy atom. The van der Waals surface area contributed by atoms with Crippen molar-refractivity contribution in [1.29, 1.82) is 0 Å². The number of ether oxygens (including phenoxy) is 1. The lowest BCUT2D eigenvalue weighted by molar-refractivity contribution is -0.0525. The molecule has 1 unspecified atom stereocenters. The monoisotopic (exact) mass is 208 g/mol. The number of alkyl halides is 2. The first kappa shape index (κ1) is 11.8. The van der Waals surface area contributed by atoms with Gasteiger partial charge in [-0.2, -0.15) is 0 Å². The van der Waals surface area contributed by atoms with E-state index in [-0.39, 0.29) is 24.8 Å². The number of hydrogen-bond acceptors (Lipinski definition) is 3. The normalized spacial score (nSPS) is 24.9. The zero-order valence-electron chi connectivity index (χ0n) is 8.43. The molecule has 1 saturated carbocycles. The first-order chi connectivity index (χ1) is 6.59. The van der Waals surface area contributed by atoms with Gasteiger partial charge in [0.2, 0.25) is 5.92 Å². The SMILES string of the molecule is COCC(NN)C1CCC(F)(F)CC1. The van der Waals surface area contributed by atoms with Crippen molar-refractivity contribution in [2.24, 2.45) is 11.8 Å². The van der Waals surface area contributed by atoms with Crippen LogP contribution in [0.4, 0.5) is 8.78 Å². The molecule has 0 aromatic rings. The Morgan fingerprint density at radius 1 is 1.50 bits per heavy atom. The summed E-state index contributed by atoms with van der Waals surface area (Å²) in [6.45, 7) is 0.479. The maximum absolute atomic E-state index is 12.8. The number of halogens is 2. The Kier molecular flexibility index (Phi) is 4.22. The summed E-state index contributed by atoms with van der Waals surface area (Å²) in [6, 6.07) is -0.00361. The predicted octanol–water partition coefficient (Wildman–Crippen LogP) is 1.29. The molecule has 84 valence electrons. The lowest BCUT2D eigenvalue weighted by Crippen LogP contribution is -2.46. The molecule has 0 amide bonds. The van der Waals surface area contributed by atoms with Gasteiger partial charge in [0.1, 0.15) is 0 Å². The summed E-state index contributed by atoms with van der Waals surface area (Å²) in [6.07, 6.45) is 0.982. The van der Waals surface area contributed by atoms with E-state index in [1.165, 1.54) is 0 Å². The first-order valence-electron chi connectivity index (χ1n) is 4.92. The summed E-state index contributed by atoms with van der Waals surface area (Å²) in [5.74, 6) is 3.08. The Labute approximate surface area is 83.0 Å². The van der Waals surface area contributed by atoms with Crippen LogP contribution in [0.1, 0.15) is 25.7 Å². The maximum atomic E-state index is 12.8. The third-order valence-corrected chi connectivity index (χ3v) is 2.89. The molecule has 0 aromatic carbocycles. The molecule has 0 spiro atoms. The van der Waals surface area contributed by atoms with Crippen molar-refractivity contribution < 1.29 is 13.5 Å². The van der Waals surface area contributed by atoms with Gasteiger partial charge in [0.05, 0.1) is 6.61 Å². The molecule has 1 aliphatic rings. The van der Waals surface area contributed by atoms with Gasteiger partial charge in [-0.3, -0.25) is 11.3 Å². The highest BCUT2D eigenvalue weighted by atomic mass is 19.3. The molecule has 0 heterocycles. The van der Waals surface area contributed by atoms with Crippen molar-refractivity contribution in [2.45, 2.75) is 37.6 Å². The predicted molar refractivity (Wildman–Crippen MR) is 49.9 cm³/mol. The van der Waals surface area contributed by atoms with Crippen LogP contribution in [-0.2, 0) is 4.74 Å². The largest absolute Gasteiger partial charge is 0.383 e. The molecule has 3 N–H and O–H groups in total. The van der Waals surface area contributed by atoms with Gasteiger partial charge in [0.25, 0.3) is 0 Å². The molecule has 1 aliphatic carbocycles. The standard InChI is InChI=1S/C9H18F2N2O/c1-14-6-8(13-12)7-2-4-9(10,11)5-3-7/h7-8,13H,2-6,12H2,1H3. The van der Waals surface area contributed by atoms with Gasteiger partial charge in [-0.25, -0.2) is 8.78 Å². The van der Waals surface area contributed by atoms with E-state index in [0.29, 0.717) is 19.4 Å². The van der Waals surface area contributed by atoms with Crippen LogP contribution in [-0.4, -0.2) is 25.7 Å². The van der Waals surface area contributed by atoms with E-state index in [1.54, 1.807) is 7.11 Å². The van der Waals surface area contributed by atoms with Crippen LogP contribution in [0.2, 0.25) is 0 Å². The fourth-order valence-corrected chi connectivity index (χ4v) is 1.96. The molecule has 0 aromatic heterocycles. The summed E-state index contributed by atoms with van der Waals surface area (Å²) in [5.41, 5.74) is 2.63. The minimum absolute atomic E-state index is 0.00361. The van der Waals surface area contributed by atoms with Crippen LogP contribution in [0.3, 0.4) is 0 Å². The zero-order valence-corrected chi connectivity index (χ0v) is 8.43. The van der Waals surface area contributed by atoms with Crippen LogP contribution in [0.5, 0.6) is 0 Å². The highest BCUT2D eigenvalue weighted by Gasteiger charge is 2.37. The molecule has 0 saturated heterocycles. The number of hydrazine groups is 1. The zero-order chi connectivity index (χ0) is 10.6. The maximum Gasteiger partial charge on any atom is 0.248 e. The molecular formula is C9H18F2N2O. The minimum atomic E-state index is -2.47. The van der Waals surface area contributed by atoms with Crippen molar-refractivity contribution >= 4 is 0 Å². The second kappa shape index (κ2) is 5.00. The van der Waals surface area contributed by atoms with Gasteiger partial charge in [0.15, 0.2) is 0 Å². The number of methoxy groups -OCH3 is 1. The molecule has 14 heavy (non-hydrogen) atoms. The highest BCUT2D eigenvalue weighted by Crippen LogP contribution is 2.37. The number of rotatable bonds is 4. The molecule has 1 rings (SSSR count). The van der Waals surface area contributed by atoms with Gasteiger partial charge < -0.3 is 4.74 Å². The third-order valence-electron chi connectivity index (χ3n) is 2.89. The molecular weight excluding hydrogens is 190 g/mol. The molecule has 0 aliphatic heterocycles. The molecule has 5 heteroatoms. The quantitative estimate of drug-likeness (QED) is 0.540. The number of hydrogen-bond donors (Lipinski definition) is 2. The summed E-state index contributed by atoms with van der Waals surface area (Å²) in [7, 11) is 1.59. The lowest BCUT2D eigenvalue weighted by atomic mass is 9.82. The van der Waals surface area contributed by atoms with Gasteiger partial charge >= 0.3 is 0 Å². The van der Waals surface area contributed by atoms with Crippen LogP contribution < -0.4 is 11.3 Å². The van der Waals surface area contributed by atoms with E-state index in [9.17, 15) is 8.78 Å². The summed E-state index contributed by atoms with van der Waals surface area (Å²) in [5, 5.41) is 0. The van der Waals surface area contributed by atoms with E-state index in [2.05, 4.69) is 5.43 Å². The lowest BCUT2D eigenvalue weighted by Gasteiger charge is -2.32. The first-order valence-corrected chi connectivity index (χ1v) is 4.92. The van der Waals surface area contributed by atoms with Gasteiger partial charge in [-0.1, -0.05) is 0 Å². The Bertz CT molecular complexity index is 168. The van der Waals surface area contributed by atoms with Gasteiger partial charge in [-0.15, -0.1) is 0 Å². The summed E-state index contributed by atoms with van der Waals surface area (Å²) >= 11 is 0. The Hall–Kier alpha value is -0.260. The fraction of sp³-hybridized carbons (Fsp3) is 1.00. The van der Waals surface area contributed by atoms with Crippen LogP contribution in [0, 0.1) is 5.92 Å². The molecule has 0 radical (unpaired) electrons. The smallest absolute Gasteiger partial charge is 0.248 e. The van der Waals surface area contributed by atoms with Crippen molar-refractivity contribution in [2.75, 3.05) is 13.7 Å². The van der Waals surface area contributed by atoms with Crippen LogP contribution >= 0.6 is 0 Å². The highest BCUT2D eigenvalue weighted by molar-refractivity contribution is 4.83. The van der Waals surface area contributed by atoms with Gasteiger partial charge in [-0.05, 0) is 18.8 Å². The van der Waals surface area contributed by atoms with E-state index >= 15 is 0 Å². The van der Waals surface area contributed by atoms with E-state index in [4.69, 9.17) is 10.6 Å².